The second-order valence-corrected chi connectivity index (χ2v) is 10.0. The summed E-state index contributed by atoms with van der Waals surface area (Å²) in [7, 11) is 1.84. The number of pyridine rings is 2. The van der Waals surface area contributed by atoms with Crippen molar-refractivity contribution in [1.29, 1.82) is 0 Å². The molecular weight excluding hydrogens is 486 g/mol. The standard InChI is InChI=1S/C26H29N9O3/c1-16-20(10-18(12-27-16)24(37)28-14-22(36)35-8-5-7-26(35,2)3)30-25(38)23-32-31-21-11-17(6-9-34(21)23)19-13-29-33(4)15-19/h6,9-13,15H,5,7-8,14H2,1-4H3,(H,28,37)(H,30,38). The number of carbonyl (C=O) groups is 3. The summed E-state index contributed by atoms with van der Waals surface area (Å²) in [5, 5.41) is 17.8. The minimum Gasteiger partial charge on any atom is -0.343 e. The fourth-order valence-electron chi connectivity index (χ4n) is 4.68. The second kappa shape index (κ2) is 9.69. The van der Waals surface area contributed by atoms with Gasteiger partial charge in [0.05, 0.1) is 29.7 Å². The number of nitrogens with zero attached hydrogens (tertiary/aromatic N) is 7. The van der Waals surface area contributed by atoms with Crippen LogP contribution < -0.4 is 10.6 Å². The van der Waals surface area contributed by atoms with Crippen LogP contribution in [0.5, 0.6) is 0 Å². The number of hydrogen-bond acceptors (Lipinski definition) is 7. The van der Waals surface area contributed by atoms with Crippen LogP contribution in [0.15, 0.2) is 43.0 Å². The van der Waals surface area contributed by atoms with Crippen molar-refractivity contribution in [2.75, 3.05) is 18.4 Å². The number of anilines is 1. The molecular formula is C26H29N9O3. The molecule has 0 aliphatic carbocycles. The molecule has 1 aliphatic heterocycles. The quantitative estimate of drug-likeness (QED) is 0.401. The van der Waals surface area contributed by atoms with Crippen LogP contribution in [0.1, 0.15) is 53.4 Å². The van der Waals surface area contributed by atoms with Crippen molar-refractivity contribution in [2.24, 2.45) is 7.05 Å². The predicted molar refractivity (Wildman–Crippen MR) is 139 cm³/mol. The van der Waals surface area contributed by atoms with Crippen LogP contribution in [0, 0.1) is 6.92 Å². The molecule has 1 fully saturated rings. The van der Waals surface area contributed by atoms with Crippen LogP contribution >= 0.6 is 0 Å². The summed E-state index contributed by atoms with van der Waals surface area (Å²) in [5.74, 6) is -0.986. The lowest BCUT2D eigenvalue weighted by Gasteiger charge is -2.31. The molecule has 12 nitrogen and oxygen atoms in total. The Kier molecular flexibility index (Phi) is 6.39. The number of hydrogen-bond donors (Lipinski definition) is 2. The van der Waals surface area contributed by atoms with Gasteiger partial charge in [0.25, 0.3) is 11.8 Å². The highest BCUT2D eigenvalue weighted by molar-refractivity contribution is 6.04. The van der Waals surface area contributed by atoms with Gasteiger partial charge < -0.3 is 15.5 Å². The van der Waals surface area contributed by atoms with Crippen molar-refractivity contribution in [3.05, 3.63) is 60.1 Å². The Hall–Kier alpha value is -4.61. The van der Waals surface area contributed by atoms with Crippen LogP contribution in [0.25, 0.3) is 16.8 Å². The first kappa shape index (κ1) is 25.1. The fourth-order valence-corrected chi connectivity index (χ4v) is 4.68. The van der Waals surface area contributed by atoms with Crippen molar-refractivity contribution < 1.29 is 14.4 Å². The Morgan fingerprint density at radius 2 is 1.89 bits per heavy atom. The average molecular weight is 516 g/mol. The number of nitrogens with one attached hydrogen (secondary N) is 2. The Labute approximate surface area is 219 Å². The first-order valence-electron chi connectivity index (χ1n) is 12.3. The van der Waals surface area contributed by atoms with Crippen molar-refractivity contribution in [3.63, 3.8) is 0 Å². The number of likely N-dealkylation sites (tertiary alicyclic amines) is 1. The summed E-state index contributed by atoms with van der Waals surface area (Å²) in [4.78, 5) is 44.5. The summed E-state index contributed by atoms with van der Waals surface area (Å²) in [6.45, 7) is 6.35. The van der Waals surface area contributed by atoms with E-state index in [0.717, 1.165) is 24.0 Å². The molecule has 0 spiro atoms. The second-order valence-electron chi connectivity index (χ2n) is 10.0. The van der Waals surface area contributed by atoms with E-state index in [1.54, 1.807) is 33.3 Å². The van der Waals surface area contributed by atoms with E-state index in [0.29, 0.717) is 23.6 Å². The number of rotatable bonds is 6. The summed E-state index contributed by atoms with van der Waals surface area (Å²) >= 11 is 0. The van der Waals surface area contributed by atoms with E-state index in [1.165, 1.54) is 12.3 Å². The lowest BCUT2D eigenvalue weighted by atomic mass is 10.0. The normalized spacial score (nSPS) is 14.6. The molecule has 0 radical (unpaired) electrons. The molecule has 5 rings (SSSR count). The van der Waals surface area contributed by atoms with E-state index in [9.17, 15) is 14.4 Å². The third kappa shape index (κ3) is 4.84. The molecule has 0 unspecified atom stereocenters. The van der Waals surface area contributed by atoms with E-state index in [-0.39, 0.29) is 29.4 Å². The maximum absolute atomic E-state index is 13.1. The van der Waals surface area contributed by atoms with E-state index in [4.69, 9.17) is 0 Å². The zero-order chi connectivity index (χ0) is 27.0. The molecule has 5 heterocycles. The third-order valence-corrected chi connectivity index (χ3v) is 6.85. The first-order chi connectivity index (χ1) is 18.1. The fraction of sp³-hybridized carbons (Fsp3) is 0.346. The molecule has 196 valence electrons. The molecule has 38 heavy (non-hydrogen) atoms. The van der Waals surface area contributed by atoms with Gasteiger partial charge in [-0.3, -0.25) is 28.5 Å². The maximum atomic E-state index is 13.1. The van der Waals surface area contributed by atoms with Gasteiger partial charge in [-0.1, -0.05) is 0 Å². The smallest absolute Gasteiger partial charge is 0.294 e. The molecule has 4 aromatic rings. The van der Waals surface area contributed by atoms with Gasteiger partial charge in [-0.15, -0.1) is 10.2 Å². The number of aromatic nitrogens is 6. The zero-order valence-electron chi connectivity index (χ0n) is 21.7. The van der Waals surface area contributed by atoms with Gasteiger partial charge in [0.1, 0.15) is 0 Å². The van der Waals surface area contributed by atoms with Crippen LogP contribution in [-0.4, -0.2) is 70.6 Å². The highest BCUT2D eigenvalue weighted by atomic mass is 16.2. The number of carbonyl (C=O) groups excluding carboxylic acids is 3. The molecule has 0 saturated carbocycles. The predicted octanol–water partition coefficient (Wildman–Crippen LogP) is 2.22. The van der Waals surface area contributed by atoms with Crippen LogP contribution in [0.2, 0.25) is 0 Å². The highest BCUT2D eigenvalue weighted by Crippen LogP contribution is 2.28. The minimum absolute atomic E-state index is 0.0887. The highest BCUT2D eigenvalue weighted by Gasteiger charge is 2.35. The summed E-state index contributed by atoms with van der Waals surface area (Å²) in [6, 6.07) is 5.21. The molecule has 0 aromatic carbocycles. The lowest BCUT2D eigenvalue weighted by Crippen LogP contribution is -2.47. The largest absolute Gasteiger partial charge is 0.343 e. The van der Waals surface area contributed by atoms with Gasteiger partial charge in [-0.25, -0.2) is 0 Å². The maximum Gasteiger partial charge on any atom is 0.294 e. The molecule has 12 heteroatoms. The molecule has 4 aromatic heterocycles. The van der Waals surface area contributed by atoms with Crippen molar-refractivity contribution >= 4 is 29.1 Å². The molecule has 1 aliphatic rings. The Morgan fingerprint density at radius 3 is 2.61 bits per heavy atom. The van der Waals surface area contributed by atoms with Crippen LogP contribution in [-0.2, 0) is 11.8 Å². The minimum atomic E-state index is -0.500. The topological polar surface area (TPSA) is 139 Å². The van der Waals surface area contributed by atoms with Crippen LogP contribution in [0.4, 0.5) is 5.69 Å². The Balaban J connectivity index is 1.28. The molecule has 0 atom stereocenters. The van der Waals surface area contributed by atoms with Gasteiger partial charge >= 0.3 is 0 Å². The van der Waals surface area contributed by atoms with Gasteiger partial charge in [0.2, 0.25) is 11.7 Å². The molecule has 1 saturated heterocycles. The molecule has 0 bridgehead atoms. The van der Waals surface area contributed by atoms with E-state index < -0.39 is 11.8 Å². The van der Waals surface area contributed by atoms with Crippen LogP contribution in [0.3, 0.4) is 0 Å². The van der Waals surface area contributed by atoms with Gasteiger partial charge in [-0.05, 0) is 57.4 Å². The summed E-state index contributed by atoms with van der Waals surface area (Å²) < 4.78 is 3.29. The van der Waals surface area contributed by atoms with Gasteiger partial charge in [-0.2, -0.15) is 5.10 Å². The first-order valence-corrected chi connectivity index (χ1v) is 12.3. The van der Waals surface area contributed by atoms with Gasteiger partial charge in [0.15, 0.2) is 5.65 Å². The SMILES string of the molecule is Cc1ncc(C(=O)NCC(=O)N2CCCC2(C)C)cc1NC(=O)c1nnc2cc(-c3cnn(C)c3)ccn12. The number of amides is 3. The molecule has 3 amide bonds. The lowest BCUT2D eigenvalue weighted by molar-refractivity contribution is -0.133. The summed E-state index contributed by atoms with van der Waals surface area (Å²) in [6.07, 6.45) is 8.65. The third-order valence-electron chi connectivity index (χ3n) is 6.85. The average Bonchev–Trinajstić information content (AvgIpc) is 3.60. The monoisotopic (exact) mass is 515 g/mol. The van der Waals surface area contributed by atoms with E-state index in [2.05, 4.69) is 30.9 Å². The Bertz CT molecular complexity index is 1550. The summed E-state index contributed by atoms with van der Waals surface area (Å²) in [5.41, 5.74) is 3.23. The van der Waals surface area contributed by atoms with E-state index >= 15 is 0 Å². The van der Waals surface area contributed by atoms with Crippen molar-refractivity contribution in [1.82, 2.24) is 39.6 Å². The van der Waals surface area contributed by atoms with Crippen molar-refractivity contribution in [3.8, 4) is 11.1 Å². The Morgan fingerprint density at radius 1 is 1.08 bits per heavy atom. The number of aryl methyl sites for hydroxylation is 2. The zero-order valence-corrected chi connectivity index (χ0v) is 21.7. The van der Waals surface area contributed by atoms with Gasteiger partial charge in [0, 0.05) is 43.3 Å². The molecule has 2 N–H and O–H groups in total. The van der Waals surface area contributed by atoms with Crippen molar-refractivity contribution in [2.45, 2.75) is 39.2 Å². The van der Waals surface area contributed by atoms with E-state index in [1.807, 2.05) is 39.2 Å². The number of fused-ring (bicyclic) bond motifs is 1.